The van der Waals surface area contributed by atoms with E-state index in [1.54, 1.807) is 12.1 Å². The Morgan fingerprint density at radius 1 is 1.44 bits per heavy atom. The minimum Gasteiger partial charge on any atom is -0.465 e. The van der Waals surface area contributed by atoms with Crippen LogP contribution in [0.3, 0.4) is 0 Å². The highest BCUT2D eigenvalue weighted by molar-refractivity contribution is 5.92. The molecule has 0 radical (unpaired) electrons. The number of hydrogen-bond acceptors (Lipinski definition) is 4. The molecule has 0 unspecified atom stereocenters. The van der Waals surface area contributed by atoms with Crippen molar-refractivity contribution in [3.8, 4) is 0 Å². The molecule has 1 aromatic rings. The molecule has 18 heavy (non-hydrogen) atoms. The van der Waals surface area contributed by atoms with Gasteiger partial charge in [-0.3, -0.25) is 0 Å². The van der Waals surface area contributed by atoms with Crippen LogP contribution >= 0.6 is 0 Å². The summed E-state index contributed by atoms with van der Waals surface area (Å²) in [5.41, 5.74) is 8.31. The van der Waals surface area contributed by atoms with E-state index in [-0.39, 0.29) is 11.5 Å². The lowest BCUT2D eigenvalue weighted by Gasteiger charge is -2.34. The maximum absolute atomic E-state index is 11.6. The zero-order valence-corrected chi connectivity index (χ0v) is 11.2. The Balaban J connectivity index is 2.41. The van der Waals surface area contributed by atoms with Crippen LogP contribution in [0.5, 0.6) is 0 Å². The molecule has 1 aliphatic rings. The summed E-state index contributed by atoms with van der Waals surface area (Å²) in [5, 5.41) is 0. The van der Waals surface area contributed by atoms with Crippen LogP contribution in [0.2, 0.25) is 0 Å². The van der Waals surface area contributed by atoms with Crippen molar-refractivity contribution in [3.05, 3.63) is 23.8 Å². The molecule has 1 aliphatic heterocycles. The Morgan fingerprint density at radius 3 is 2.72 bits per heavy atom. The third-order valence-electron chi connectivity index (χ3n) is 3.64. The average Bonchev–Trinajstić information content (AvgIpc) is 2.68. The zero-order chi connectivity index (χ0) is 13.3. The van der Waals surface area contributed by atoms with Gasteiger partial charge in [0, 0.05) is 12.1 Å². The number of carbonyl (C=O) groups is 1. The summed E-state index contributed by atoms with van der Waals surface area (Å²) in [5.74, 6) is -0.326. The summed E-state index contributed by atoms with van der Waals surface area (Å²) in [6.07, 6.45) is 2.28. The van der Waals surface area contributed by atoms with E-state index in [2.05, 4.69) is 18.7 Å². The van der Waals surface area contributed by atoms with Gasteiger partial charge in [0.2, 0.25) is 0 Å². The highest BCUT2D eigenvalue weighted by Gasteiger charge is 2.33. The van der Waals surface area contributed by atoms with Crippen LogP contribution in [0.25, 0.3) is 0 Å². The predicted octanol–water partition coefficient (Wildman–Crippen LogP) is 2.43. The molecule has 98 valence electrons. The van der Waals surface area contributed by atoms with E-state index < -0.39 is 0 Å². The number of anilines is 2. The first-order valence-electron chi connectivity index (χ1n) is 6.21. The fourth-order valence-electron chi connectivity index (χ4n) is 2.58. The van der Waals surface area contributed by atoms with Crippen LogP contribution in [0.4, 0.5) is 11.4 Å². The average molecular weight is 248 g/mol. The SMILES string of the molecule is COC(=O)c1ccc(N)c(N2CCCC2(C)C)c1. The van der Waals surface area contributed by atoms with E-state index in [9.17, 15) is 4.79 Å². The highest BCUT2D eigenvalue weighted by Crippen LogP contribution is 2.37. The molecule has 1 heterocycles. The lowest BCUT2D eigenvalue weighted by atomic mass is 10.0. The Hall–Kier alpha value is -1.71. The van der Waals surface area contributed by atoms with Crippen molar-refractivity contribution in [1.29, 1.82) is 0 Å². The standard InChI is InChI=1S/C14H20N2O2/c1-14(2)7-4-8-16(14)12-9-10(13(17)18-3)5-6-11(12)15/h5-6,9H,4,7-8,15H2,1-3H3. The predicted molar refractivity (Wildman–Crippen MR) is 72.9 cm³/mol. The second-order valence-corrected chi connectivity index (χ2v) is 5.33. The molecule has 0 aliphatic carbocycles. The quantitative estimate of drug-likeness (QED) is 0.645. The second kappa shape index (κ2) is 4.52. The number of nitrogens with zero attached hydrogens (tertiary/aromatic N) is 1. The number of nitrogens with two attached hydrogens (primary N) is 1. The summed E-state index contributed by atoms with van der Waals surface area (Å²) >= 11 is 0. The van der Waals surface area contributed by atoms with Gasteiger partial charge in [-0.15, -0.1) is 0 Å². The molecule has 2 rings (SSSR count). The molecule has 0 aromatic heterocycles. The van der Waals surface area contributed by atoms with Gasteiger partial charge in [-0.05, 0) is 44.9 Å². The summed E-state index contributed by atoms with van der Waals surface area (Å²) in [6.45, 7) is 5.37. The summed E-state index contributed by atoms with van der Waals surface area (Å²) < 4.78 is 4.75. The van der Waals surface area contributed by atoms with Gasteiger partial charge < -0.3 is 15.4 Å². The molecule has 4 nitrogen and oxygen atoms in total. The van der Waals surface area contributed by atoms with E-state index in [1.807, 2.05) is 6.07 Å². The van der Waals surface area contributed by atoms with Crippen LogP contribution in [0.1, 0.15) is 37.0 Å². The Morgan fingerprint density at radius 2 is 2.17 bits per heavy atom. The molecule has 0 spiro atoms. The van der Waals surface area contributed by atoms with Gasteiger partial charge in [-0.1, -0.05) is 0 Å². The van der Waals surface area contributed by atoms with Crippen molar-refractivity contribution in [1.82, 2.24) is 0 Å². The summed E-state index contributed by atoms with van der Waals surface area (Å²) in [4.78, 5) is 13.8. The van der Waals surface area contributed by atoms with Gasteiger partial charge in [-0.25, -0.2) is 4.79 Å². The van der Waals surface area contributed by atoms with E-state index in [0.717, 1.165) is 25.1 Å². The molecule has 0 bridgehead atoms. The van der Waals surface area contributed by atoms with Gasteiger partial charge in [0.15, 0.2) is 0 Å². The minimum atomic E-state index is -0.326. The minimum absolute atomic E-state index is 0.0862. The van der Waals surface area contributed by atoms with Crippen molar-refractivity contribution in [2.75, 3.05) is 24.3 Å². The van der Waals surface area contributed by atoms with Crippen LogP contribution < -0.4 is 10.6 Å². The number of methoxy groups -OCH3 is 1. The second-order valence-electron chi connectivity index (χ2n) is 5.33. The van der Waals surface area contributed by atoms with Crippen LogP contribution in [0, 0.1) is 0 Å². The molecule has 1 fully saturated rings. The largest absolute Gasteiger partial charge is 0.465 e. The van der Waals surface area contributed by atoms with E-state index in [0.29, 0.717) is 11.3 Å². The van der Waals surface area contributed by atoms with Crippen LogP contribution in [0.15, 0.2) is 18.2 Å². The van der Waals surface area contributed by atoms with Crippen molar-refractivity contribution < 1.29 is 9.53 Å². The van der Waals surface area contributed by atoms with E-state index in [1.165, 1.54) is 7.11 Å². The first kappa shape index (κ1) is 12.7. The first-order chi connectivity index (χ1) is 8.45. The van der Waals surface area contributed by atoms with Crippen molar-refractivity contribution in [2.24, 2.45) is 0 Å². The topological polar surface area (TPSA) is 55.6 Å². The Bertz CT molecular complexity index is 469. The molecular weight excluding hydrogens is 228 g/mol. The maximum Gasteiger partial charge on any atom is 0.337 e. The number of rotatable bonds is 2. The monoisotopic (exact) mass is 248 g/mol. The third kappa shape index (κ3) is 2.15. The Labute approximate surface area is 108 Å². The number of hydrogen-bond donors (Lipinski definition) is 1. The molecule has 4 heteroatoms. The normalized spacial score (nSPS) is 17.8. The van der Waals surface area contributed by atoms with Gasteiger partial charge in [0.25, 0.3) is 0 Å². The van der Waals surface area contributed by atoms with Gasteiger partial charge in [0.1, 0.15) is 0 Å². The number of benzene rings is 1. The fraction of sp³-hybridized carbons (Fsp3) is 0.500. The van der Waals surface area contributed by atoms with E-state index in [4.69, 9.17) is 10.5 Å². The number of carbonyl (C=O) groups excluding carboxylic acids is 1. The molecule has 0 saturated carbocycles. The van der Waals surface area contributed by atoms with Crippen molar-refractivity contribution in [3.63, 3.8) is 0 Å². The number of ether oxygens (including phenoxy) is 1. The summed E-state index contributed by atoms with van der Waals surface area (Å²) in [7, 11) is 1.39. The van der Waals surface area contributed by atoms with Gasteiger partial charge in [-0.2, -0.15) is 0 Å². The van der Waals surface area contributed by atoms with Crippen LogP contribution in [-0.2, 0) is 4.74 Å². The highest BCUT2D eigenvalue weighted by atomic mass is 16.5. The fourth-order valence-corrected chi connectivity index (χ4v) is 2.58. The number of nitrogen functional groups attached to an aromatic ring is 1. The van der Waals surface area contributed by atoms with Crippen molar-refractivity contribution >= 4 is 17.3 Å². The molecular formula is C14H20N2O2. The van der Waals surface area contributed by atoms with Gasteiger partial charge >= 0.3 is 5.97 Å². The lowest BCUT2D eigenvalue weighted by molar-refractivity contribution is 0.0601. The third-order valence-corrected chi connectivity index (χ3v) is 3.64. The van der Waals surface area contributed by atoms with E-state index >= 15 is 0 Å². The van der Waals surface area contributed by atoms with Crippen LogP contribution in [-0.4, -0.2) is 25.2 Å². The molecule has 0 amide bonds. The smallest absolute Gasteiger partial charge is 0.337 e. The van der Waals surface area contributed by atoms with Crippen molar-refractivity contribution in [2.45, 2.75) is 32.2 Å². The summed E-state index contributed by atoms with van der Waals surface area (Å²) in [6, 6.07) is 5.30. The molecule has 0 atom stereocenters. The molecule has 1 aromatic carbocycles. The number of esters is 1. The zero-order valence-electron chi connectivity index (χ0n) is 11.2. The van der Waals surface area contributed by atoms with Gasteiger partial charge in [0.05, 0.1) is 24.0 Å². The maximum atomic E-state index is 11.6. The Kier molecular flexibility index (Phi) is 3.20. The lowest BCUT2D eigenvalue weighted by Crippen LogP contribution is -2.38. The molecule has 2 N–H and O–H groups in total. The molecule has 1 saturated heterocycles. The first-order valence-corrected chi connectivity index (χ1v) is 6.21.